The molecule has 3 aliphatic rings. The number of nitriles is 1. The van der Waals surface area contributed by atoms with E-state index in [-0.39, 0.29) is 24.8 Å². The van der Waals surface area contributed by atoms with Gasteiger partial charge in [0.1, 0.15) is 12.1 Å². The molecule has 3 fully saturated rings. The average Bonchev–Trinajstić information content (AvgIpc) is 3.08. The lowest BCUT2D eigenvalue weighted by Gasteiger charge is -2.41. The minimum Gasteiger partial charge on any atom is -0.368 e. The van der Waals surface area contributed by atoms with Gasteiger partial charge in [0.25, 0.3) is 0 Å². The summed E-state index contributed by atoms with van der Waals surface area (Å²) >= 11 is 4.47. The fourth-order valence-electron chi connectivity index (χ4n) is 6.45. The highest BCUT2D eigenvalue weighted by Gasteiger charge is 2.83. The van der Waals surface area contributed by atoms with E-state index < -0.39 is 63.1 Å². The Morgan fingerprint density at radius 2 is 1.94 bits per heavy atom. The molecule has 0 radical (unpaired) electrons. The number of hydrogen-bond donors (Lipinski definition) is 3. The molecule has 0 aromatic rings. The first-order chi connectivity index (χ1) is 15.9. The minimum atomic E-state index is -4.83. The molecular formula is C23H32F3N5O3S. The number of alkyl halides is 3. The number of halogens is 3. The molecule has 3 amide bonds. The number of nitrogens with one attached hydrogen (secondary N) is 2. The molecule has 0 bridgehead atoms. The maximum absolute atomic E-state index is 13.7. The van der Waals surface area contributed by atoms with Crippen molar-refractivity contribution < 1.29 is 27.6 Å². The molecule has 1 saturated carbocycles. The number of piperidine rings is 1. The van der Waals surface area contributed by atoms with Gasteiger partial charge in [-0.1, -0.05) is 46.8 Å². The number of primary amides is 1. The largest absolute Gasteiger partial charge is 0.441 e. The average molecular weight is 516 g/mol. The summed E-state index contributed by atoms with van der Waals surface area (Å²) in [6.07, 6.45) is -4.05. The number of fused-ring (bicyclic) bond motifs is 1. The molecule has 35 heavy (non-hydrogen) atoms. The maximum atomic E-state index is 13.7. The Morgan fingerprint density at radius 1 is 1.34 bits per heavy atom. The summed E-state index contributed by atoms with van der Waals surface area (Å²) in [5.41, 5.74) is 3.29. The third-order valence-electron chi connectivity index (χ3n) is 8.24. The van der Waals surface area contributed by atoms with Crippen LogP contribution in [-0.4, -0.2) is 59.0 Å². The zero-order valence-corrected chi connectivity index (χ0v) is 21.3. The van der Waals surface area contributed by atoms with E-state index in [2.05, 4.69) is 28.9 Å². The molecule has 2 saturated heterocycles. The Bertz CT molecular complexity index is 986. The second kappa shape index (κ2) is 8.61. The Kier molecular flexibility index (Phi) is 6.68. The Labute approximate surface area is 208 Å². The predicted molar refractivity (Wildman–Crippen MR) is 124 cm³/mol. The lowest BCUT2D eigenvalue weighted by Crippen LogP contribution is -2.61. The number of carbonyl (C=O) groups excluding carboxylic acids is 3. The first kappa shape index (κ1) is 27.2. The molecule has 4 N–H and O–H groups in total. The van der Waals surface area contributed by atoms with Gasteiger partial charge in [-0.05, 0) is 29.6 Å². The van der Waals surface area contributed by atoms with E-state index in [0.717, 1.165) is 0 Å². The van der Waals surface area contributed by atoms with E-state index in [1.165, 1.54) is 4.90 Å². The second-order valence-electron chi connectivity index (χ2n) is 11.5. The van der Waals surface area contributed by atoms with Crippen LogP contribution in [-0.2, 0) is 14.4 Å². The minimum absolute atomic E-state index is 0.0710. The van der Waals surface area contributed by atoms with E-state index in [9.17, 15) is 32.8 Å². The molecule has 2 heterocycles. The summed E-state index contributed by atoms with van der Waals surface area (Å²) in [4.78, 5) is 38.5. The molecule has 0 spiro atoms. The first-order valence-electron chi connectivity index (χ1n) is 11.6. The van der Waals surface area contributed by atoms with Gasteiger partial charge in [-0.2, -0.15) is 18.4 Å². The van der Waals surface area contributed by atoms with Gasteiger partial charge in [0.05, 0.1) is 12.0 Å². The summed E-state index contributed by atoms with van der Waals surface area (Å²) in [5, 5.41) is 15.0. The van der Waals surface area contributed by atoms with Crippen LogP contribution in [0.4, 0.5) is 13.2 Å². The monoisotopic (exact) mass is 515 g/mol. The van der Waals surface area contributed by atoms with Gasteiger partial charge in [-0.15, -0.1) is 0 Å². The summed E-state index contributed by atoms with van der Waals surface area (Å²) in [7, 11) is 0. The number of nitrogens with two attached hydrogens (primary N) is 1. The molecule has 0 aromatic carbocycles. The zero-order valence-electron chi connectivity index (χ0n) is 20.5. The van der Waals surface area contributed by atoms with Crippen molar-refractivity contribution in [3.05, 3.63) is 0 Å². The summed E-state index contributed by atoms with van der Waals surface area (Å²) in [6, 6.07) is -0.302. The highest BCUT2D eigenvalue weighted by Crippen LogP contribution is 2.78. The molecule has 6 atom stereocenters. The number of rotatable bonds is 6. The van der Waals surface area contributed by atoms with Crippen LogP contribution in [0.1, 0.15) is 47.5 Å². The fourth-order valence-corrected chi connectivity index (χ4v) is 6.57. The molecule has 3 unspecified atom stereocenters. The molecule has 194 valence electrons. The Morgan fingerprint density at radius 3 is 2.37 bits per heavy atom. The van der Waals surface area contributed by atoms with Crippen molar-refractivity contribution in [2.45, 2.75) is 65.7 Å². The van der Waals surface area contributed by atoms with Crippen molar-refractivity contribution in [3.63, 3.8) is 0 Å². The number of hydrogen-bond acceptors (Lipinski definition) is 5. The third-order valence-corrected chi connectivity index (χ3v) is 8.59. The molecule has 3 rings (SSSR count). The zero-order chi connectivity index (χ0) is 26.7. The SMILES string of the molecule is CC(C)(C)[C@H](NC(=S)C(F)(F)F)C(=O)N1CC2C(C)(C)C2([C@@H](C#N)C[C@H]2CCNC2=O)C1C(N)=O. The fraction of sp³-hybridized carbons (Fsp3) is 0.783. The standard InChI is InChI=1S/C23H32F3N5O3S/c1-20(2,3)14(30-19(35)23(24,25)26)18(34)31-10-13-21(4,5)22(13,15(31)16(28)32)12(9-27)8-11-6-7-29-17(11)33/h11-15H,6-8,10H2,1-5H3,(H2,28,32)(H,29,33)(H,30,35)/t11-,12-,13?,14-,15?,22?/m1/s1. The summed E-state index contributed by atoms with van der Waals surface area (Å²) in [5.74, 6) is -3.13. The Hall–Kier alpha value is -2.42. The maximum Gasteiger partial charge on any atom is 0.441 e. The normalized spacial score (nSPS) is 31.1. The van der Waals surface area contributed by atoms with E-state index in [0.29, 0.717) is 13.0 Å². The number of amides is 3. The number of likely N-dealkylation sites (tertiary alicyclic amines) is 1. The Balaban J connectivity index is 1.98. The van der Waals surface area contributed by atoms with Gasteiger partial charge in [0.15, 0.2) is 4.99 Å². The van der Waals surface area contributed by atoms with Crippen LogP contribution in [0.15, 0.2) is 0 Å². The van der Waals surface area contributed by atoms with Gasteiger partial charge < -0.3 is 21.3 Å². The van der Waals surface area contributed by atoms with Crippen LogP contribution in [0.25, 0.3) is 0 Å². The summed E-state index contributed by atoms with van der Waals surface area (Å²) in [6.45, 7) is 9.14. The topological polar surface area (TPSA) is 128 Å². The van der Waals surface area contributed by atoms with Crippen LogP contribution in [0, 0.1) is 45.3 Å². The molecular weight excluding hydrogens is 483 g/mol. The van der Waals surface area contributed by atoms with Crippen LogP contribution >= 0.6 is 12.2 Å². The van der Waals surface area contributed by atoms with E-state index >= 15 is 0 Å². The lowest BCUT2D eigenvalue weighted by atomic mass is 9.73. The molecule has 1 aliphatic carbocycles. The van der Waals surface area contributed by atoms with Crippen molar-refractivity contribution in [2.24, 2.45) is 39.7 Å². The second-order valence-corrected chi connectivity index (χ2v) is 11.9. The van der Waals surface area contributed by atoms with Crippen molar-refractivity contribution in [2.75, 3.05) is 13.1 Å². The van der Waals surface area contributed by atoms with Gasteiger partial charge in [-0.3, -0.25) is 14.4 Å². The molecule has 12 heteroatoms. The summed E-state index contributed by atoms with van der Waals surface area (Å²) < 4.78 is 39.5. The van der Waals surface area contributed by atoms with Gasteiger partial charge in [0.2, 0.25) is 17.7 Å². The highest BCUT2D eigenvalue weighted by molar-refractivity contribution is 7.80. The third kappa shape index (κ3) is 4.26. The van der Waals surface area contributed by atoms with Crippen LogP contribution in [0.2, 0.25) is 0 Å². The van der Waals surface area contributed by atoms with Gasteiger partial charge >= 0.3 is 6.18 Å². The predicted octanol–water partition coefficient (Wildman–Crippen LogP) is 1.88. The number of thiocarbonyl (C=S) groups is 1. The van der Waals surface area contributed by atoms with E-state index in [1.807, 2.05) is 13.8 Å². The van der Waals surface area contributed by atoms with E-state index in [4.69, 9.17) is 5.73 Å². The van der Waals surface area contributed by atoms with Gasteiger partial charge in [0, 0.05) is 24.4 Å². The van der Waals surface area contributed by atoms with Crippen molar-refractivity contribution in [1.29, 1.82) is 5.26 Å². The van der Waals surface area contributed by atoms with Crippen molar-refractivity contribution in [3.8, 4) is 6.07 Å². The first-order valence-corrected chi connectivity index (χ1v) is 12.0. The lowest BCUT2D eigenvalue weighted by molar-refractivity contribution is -0.145. The van der Waals surface area contributed by atoms with Crippen LogP contribution < -0.4 is 16.4 Å². The molecule has 0 aromatic heterocycles. The number of carbonyl (C=O) groups is 3. The smallest absolute Gasteiger partial charge is 0.368 e. The molecule has 2 aliphatic heterocycles. The number of nitrogens with zero attached hydrogens (tertiary/aromatic N) is 2. The van der Waals surface area contributed by atoms with Crippen LogP contribution in [0.5, 0.6) is 0 Å². The highest BCUT2D eigenvalue weighted by atomic mass is 32.1. The van der Waals surface area contributed by atoms with Crippen molar-refractivity contribution >= 4 is 34.9 Å². The van der Waals surface area contributed by atoms with Gasteiger partial charge in [-0.25, -0.2) is 0 Å². The quantitative estimate of drug-likeness (QED) is 0.464. The van der Waals surface area contributed by atoms with Crippen molar-refractivity contribution in [1.82, 2.24) is 15.5 Å². The molecule has 8 nitrogen and oxygen atoms in total. The van der Waals surface area contributed by atoms with Crippen LogP contribution in [0.3, 0.4) is 0 Å². The van der Waals surface area contributed by atoms with E-state index in [1.54, 1.807) is 20.8 Å².